The number of hydrogen-bond acceptors (Lipinski definition) is 4. The van der Waals surface area contributed by atoms with E-state index in [0.29, 0.717) is 34.6 Å². The highest BCUT2D eigenvalue weighted by atomic mass is 35.5. The second-order valence-electron chi connectivity index (χ2n) is 6.79. The molecule has 0 aliphatic carbocycles. The standard InChI is InChI=1S/C22H22ClN5S/c1-14-10-15(2)20-16(11-14)12-17(13-24)21(28-20)25-8-5-9-26-22(29)27-19-7-4-3-6-18(19)23/h3-4,6-7,10-12H,5,8-9H2,1-2H3,(H,25,28)(H2,26,27,29). The van der Waals surface area contributed by atoms with Crippen molar-refractivity contribution in [2.24, 2.45) is 0 Å². The van der Waals surface area contributed by atoms with Crippen LogP contribution in [0.15, 0.2) is 42.5 Å². The first-order valence-corrected chi connectivity index (χ1v) is 10.1. The van der Waals surface area contributed by atoms with E-state index in [1.54, 1.807) is 0 Å². The van der Waals surface area contributed by atoms with Crippen molar-refractivity contribution in [3.8, 4) is 6.07 Å². The van der Waals surface area contributed by atoms with Crippen LogP contribution in [0, 0.1) is 25.2 Å². The number of nitriles is 1. The SMILES string of the molecule is Cc1cc(C)c2nc(NCCCNC(=S)Nc3ccccc3Cl)c(C#N)cc2c1. The van der Waals surface area contributed by atoms with Crippen molar-refractivity contribution in [3.05, 3.63) is 64.2 Å². The van der Waals surface area contributed by atoms with Crippen LogP contribution in [0.4, 0.5) is 11.5 Å². The fraction of sp³-hybridized carbons (Fsp3) is 0.227. The average molecular weight is 424 g/mol. The molecular weight excluding hydrogens is 402 g/mol. The van der Waals surface area contributed by atoms with Crippen molar-refractivity contribution in [1.82, 2.24) is 10.3 Å². The Kier molecular flexibility index (Phi) is 6.86. The number of halogens is 1. The Hall–Kier alpha value is -2.88. The summed E-state index contributed by atoms with van der Waals surface area (Å²) in [5.74, 6) is 0.615. The maximum Gasteiger partial charge on any atom is 0.170 e. The predicted molar refractivity (Wildman–Crippen MR) is 125 cm³/mol. The Morgan fingerprint density at radius 1 is 1.17 bits per heavy atom. The number of aryl methyl sites for hydroxylation is 2. The molecule has 0 atom stereocenters. The summed E-state index contributed by atoms with van der Waals surface area (Å²) in [4.78, 5) is 4.68. The lowest BCUT2D eigenvalue weighted by atomic mass is 10.1. The zero-order valence-corrected chi connectivity index (χ0v) is 17.9. The molecule has 0 bridgehead atoms. The van der Waals surface area contributed by atoms with Gasteiger partial charge in [0.1, 0.15) is 11.9 Å². The quantitative estimate of drug-likeness (QED) is 0.375. The number of fused-ring (bicyclic) bond motifs is 1. The van der Waals surface area contributed by atoms with Crippen molar-refractivity contribution in [1.29, 1.82) is 5.26 Å². The number of hydrogen-bond donors (Lipinski definition) is 3. The second kappa shape index (κ2) is 9.55. The smallest absolute Gasteiger partial charge is 0.170 e. The van der Waals surface area contributed by atoms with E-state index in [1.807, 2.05) is 44.2 Å². The van der Waals surface area contributed by atoms with Gasteiger partial charge in [0.2, 0.25) is 0 Å². The molecular formula is C22H22ClN5S. The zero-order chi connectivity index (χ0) is 20.8. The van der Waals surface area contributed by atoms with Crippen LogP contribution in [0.2, 0.25) is 5.02 Å². The number of aromatic nitrogens is 1. The van der Waals surface area contributed by atoms with Crippen LogP contribution in [-0.2, 0) is 0 Å². The van der Waals surface area contributed by atoms with E-state index in [0.717, 1.165) is 34.1 Å². The van der Waals surface area contributed by atoms with Crippen LogP contribution >= 0.6 is 23.8 Å². The van der Waals surface area contributed by atoms with E-state index >= 15 is 0 Å². The van der Waals surface area contributed by atoms with Crippen molar-refractivity contribution < 1.29 is 0 Å². The van der Waals surface area contributed by atoms with Crippen molar-refractivity contribution in [3.63, 3.8) is 0 Å². The van der Waals surface area contributed by atoms with Crippen molar-refractivity contribution >= 4 is 51.3 Å². The molecule has 3 rings (SSSR count). The molecule has 2 aromatic carbocycles. The fourth-order valence-corrected chi connectivity index (χ4v) is 3.49. The number of nitrogens with one attached hydrogen (secondary N) is 3. The van der Waals surface area contributed by atoms with Gasteiger partial charge in [0.15, 0.2) is 5.11 Å². The van der Waals surface area contributed by atoms with Gasteiger partial charge >= 0.3 is 0 Å². The Bertz CT molecular complexity index is 1090. The first-order chi connectivity index (χ1) is 14.0. The van der Waals surface area contributed by atoms with Gasteiger partial charge < -0.3 is 16.0 Å². The van der Waals surface area contributed by atoms with Crippen LogP contribution in [0.5, 0.6) is 0 Å². The Labute approximate surface area is 181 Å². The molecule has 3 N–H and O–H groups in total. The number of pyridine rings is 1. The molecule has 1 aromatic heterocycles. The van der Waals surface area contributed by atoms with Gasteiger partial charge in [0.25, 0.3) is 0 Å². The van der Waals surface area contributed by atoms with Gasteiger partial charge in [0, 0.05) is 18.5 Å². The Morgan fingerprint density at radius 2 is 1.97 bits per heavy atom. The monoisotopic (exact) mass is 423 g/mol. The van der Waals surface area contributed by atoms with E-state index in [1.165, 1.54) is 0 Å². The van der Waals surface area contributed by atoms with Gasteiger partial charge in [-0.15, -0.1) is 0 Å². The number of rotatable bonds is 6. The summed E-state index contributed by atoms with van der Waals surface area (Å²) in [7, 11) is 0. The van der Waals surface area contributed by atoms with E-state index in [-0.39, 0.29) is 0 Å². The topological polar surface area (TPSA) is 72.8 Å². The number of para-hydroxylation sites is 1. The molecule has 3 aromatic rings. The summed E-state index contributed by atoms with van der Waals surface area (Å²) in [6.45, 7) is 5.43. The number of benzene rings is 2. The average Bonchev–Trinajstić information content (AvgIpc) is 2.69. The molecule has 1 heterocycles. The molecule has 0 amide bonds. The van der Waals surface area contributed by atoms with Crippen LogP contribution in [0.3, 0.4) is 0 Å². The summed E-state index contributed by atoms with van der Waals surface area (Å²) in [5, 5.41) is 21.1. The van der Waals surface area contributed by atoms with Crippen LogP contribution in [-0.4, -0.2) is 23.2 Å². The van der Waals surface area contributed by atoms with E-state index < -0.39 is 0 Å². The van der Waals surface area contributed by atoms with Crippen LogP contribution < -0.4 is 16.0 Å². The number of anilines is 2. The molecule has 0 spiro atoms. The van der Waals surface area contributed by atoms with Gasteiger partial charge in [0.05, 0.1) is 21.8 Å². The predicted octanol–water partition coefficient (Wildman–Crippen LogP) is 5.17. The molecule has 7 heteroatoms. The first-order valence-electron chi connectivity index (χ1n) is 9.33. The minimum absolute atomic E-state index is 0.519. The normalized spacial score (nSPS) is 10.4. The van der Waals surface area contributed by atoms with Gasteiger partial charge in [-0.2, -0.15) is 5.26 Å². The second-order valence-corrected chi connectivity index (χ2v) is 7.61. The maximum atomic E-state index is 9.48. The zero-order valence-electron chi connectivity index (χ0n) is 16.3. The van der Waals surface area contributed by atoms with E-state index in [9.17, 15) is 5.26 Å². The maximum absolute atomic E-state index is 9.48. The summed E-state index contributed by atoms with van der Waals surface area (Å²) < 4.78 is 0. The molecule has 0 aliphatic heterocycles. The third-order valence-electron chi connectivity index (χ3n) is 4.43. The van der Waals surface area contributed by atoms with Crippen molar-refractivity contribution in [2.45, 2.75) is 20.3 Å². The highest BCUT2D eigenvalue weighted by Gasteiger charge is 2.09. The lowest BCUT2D eigenvalue weighted by Crippen LogP contribution is -2.30. The van der Waals surface area contributed by atoms with Gasteiger partial charge in [-0.1, -0.05) is 35.4 Å². The van der Waals surface area contributed by atoms with Crippen molar-refractivity contribution in [2.75, 3.05) is 23.7 Å². The fourth-order valence-electron chi connectivity index (χ4n) is 3.10. The van der Waals surface area contributed by atoms with Gasteiger partial charge in [-0.3, -0.25) is 0 Å². The van der Waals surface area contributed by atoms with Crippen LogP contribution in [0.1, 0.15) is 23.1 Å². The molecule has 0 saturated heterocycles. The Balaban J connectivity index is 1.54. The summed E-state index contributed by atoms with van der Waals surface area (Å²) in [5.41, 5.74) is 4.50. The Morgan fingerprint density at radius 3 is 2.72 bits per heavy atom. The molecule has 0 radical (unpaired) electrons. The number of thiocarbonyl (C=S) groups is 1. The van der Waals surface area contributed by atoms with Gasteiger partial charge in [-0.05, 0) is 62.3 Å². The number of nitrogens with zero attached hydrogens (tertiary/aromatic N) is 2. The lowest BCUT2D eigenvalue weighted by Gasteiger charge is -2.13. The third-order valence-corrected chi connectivity index (χ3v) is 5.00. The summed E-state index contributed by atoms with van der Waals surface area (Å²) >= 11 is 11.4. The molecule has 29 heavy (non-hydrogen) atoms. The molecule has 0 aliphatic rings. The van der Waals surface area contributed by atoms with E-state index in [4.69, 9.17) is 23.8 Å². The summed E-state index contributed by atoms with van der Waals surface area (Å²) in [6.07, 6.45) is 0.807. The minimum Gasteiger partial charge on any atom is -0.369 e. The molecule has 0 saturated carbocycles. The largest absolute Gasteiger partial charge is 0.369 e. The summed E-state index contributed by atoms with van der Waals surface area (Å²) in [6, 6.07) is 15.7. The third kappa shape index (κ3) is 5.35. The first kappa shape index (κ1) is 20.8. The highest BCUT2D eigenvalue weighted by molar-refractivity contribution is 7.80. The lowest BCUT2D eigenvalue weighted by molar-refractivity contribution is 0.807. The van der Waals surface area contributed by atoms with Gasteiger partial charge in [-0.25, -0.2) is 4.98 Å². The molecule has 5 nitrogen and oxygen atoms in total. The minimum atomic E-state index is 0.519. The van der Waals surface area contributed by atoms with Crippen LogP contribution in [0.25, 0.3) is 10.9 Å². The molecule has 0 unspecified atom stereocenters. The highest BCUT2D eigenvalue weighted by Crippen LogP contribution is 2.24. The van der Waals surface area contributed by atoms with E-state index in [2.05, 4.69) is 39.1 Å². The molecule has 148 valence electrons. The molecule has 0 fully saturated rings.